The highest BCUT2D eigenvalue weighted by atomic mass is 79.9. The van der Waals surface area contributed by atoms with Crippen LogP contribution >= 0.6 is 28.3 Å². The lowest BCUT2D eigenvalue weighted by atomic mass is 9.92. The second-order valence-corrected chi connectivity index (χ2v) is 6.26. The Balaban J connectivity index is 0.00000220. The average molecular weight is 378 g/mol. The second kappa shape index (κ2) is 8.61. The highest BCUT2D eigenvalue weighted by molar-refractivity contribution is 9.10. The van der Waals surface area contributed by atoms with Gasteiger partial charge in [-0.2, -0.15) is 0 Å². The van der Waals surface area contributed by atoms with Crippen molar-refractivity contribution in [3.8, 4) is 5.75 Å². The van der Waals surface area contributed by atoms with E-state index in [1.54, 1.807) is 0 Å². The molecule has 0 saturated carbocycles. The molecule has 2 N–H and O–H groups in total. The van der Waals surface area contributed by atoms with Crippen LogP contribution in [0.2, 0.25) is 0 Å². The predicted molar refractivity (Wildman–Crippen MR) is 89.8 cm³/mol. The molecule has 2 atom stereocenters. The van der Waals surface area contributed by atoms with Crippen molar-refractivity contribution in [1.29, 1.82) is 0 Å². The van der Waals surface area contributed by atoms with Crippen LogP contribution in [0.3, 0.4) is 0 Å². The third kappa shape index (κ3) is 5.16. The third-order valence-electron chi connectivity index (χ3n) is 3.75. The normalized spacial score (nSPS) is 21.6. The van der Waals surface area contributed by atoms with Crippen LogP contribution in [-0.4, -0.2) is 36.5 Å². The van der Waals surface area contributed by atoms with Crippen LogP contribution in [0.4, 0.5) is 0 Å². The van der Waals surface area contributed by atoms with Crippen LogP contribution in [0.25, 0.3) is 0 Å². The molecule has 21 heavy (non-hydrogen) atoms. The van der Waals surface area contributed by atoms with Crippen LogP contribution in [0, 0.1) is 5.92 Å². The van der Waals surface area contributed by atoms with E-state index in [2.05, 4.69) is 22.9 Å². The fourth-order valence-corrected chi connectivity index (χ4v) is 2.83. The average Bonchev–Trinajstić information content (AvgIpc) is 2.46. The maximum atomic E-state index is 12.3. The lowest BCUT2D eigenvalue weighted by Gasteiger charge is -2.37. The summed E-state index contributed by atoms with van der Waals surface area (Å²) in [6.07, 6.45) is 2.03. The Morgan fingerprint density at radius 3 is 2.71 bits per heavy atom. The van der Waals surface area contributed by atoms with Gasteiger partial charge >= 0.3 is 0 Å². The number of nitrogens with zero attached hydrogens (tertiary/aromatic N) is 1. The molecule has 6 heteroatoms. The summed E-state index contributed by atoms with van der Waals surface area (Å²) in [5.41, 5.74) is 5.78. The van der Waals surface area contributed by atoms with Crippen molar-refractivity contribution in [2.24, 2.45) is 11.7 Å². The van der Waals surface area contributed by atoms with Crippen LogP contribution in [0.1, 0.15) is 19.8 Å². The number of ether oxygens (including phenoxy) is 1. The maximum Gasteiger partial charge on any atom is 0.260 e. The molecule has 1 heterocycles. The predicted octanol–water partition coefficient (Wildman–Crippen LogP) is 2.84. The van der Waals surface area contributed by atoms with Crippen molar-refractivity contribution in [1.82, 2.24) is 4.90 Å². The number of carbonyl (C=O) groups is 1. The van der Waals surface area contributed by atoms with E-state index in [1.165, 1.54) is 0 Å². The summed E-state index contributed by atoms with van der Waals surface area (Å²) in [5, 5.41) is 0. The molecular formula is C15H22BrClN2O2. The Bertz CT molecular complexity index is 455. The summed E-state index contributed by atoms with van der Waals surface area (Å²) in [6, 6.07) is 7.63. The zero-order valence-corrected chi connectivity index (χ0v) is 14.5. The summed E-state index contributed by atoms with van der Waals surface area (Å²) in [5.74, 6) is 1.37. The van der Waals surface area contributed by atoms with Gasteiger partial charge in [0, 0.05) is 23.6 Å². The molecule has 2 rings (SSSR count). The molecule has 1 aromatic carbocycles. The number of likely N-dealkylation sites (tertiary alicyclic amines) is 1. The first-order chi connectivity index (χ1) is 9.60. The molecule has 1 aliphatic heterocycles. The first-order valence-corrected chi connectivity index (χ1v) is 7.77. The van der Waals surface area contributed by atoms with Gasteiger partial charge in [-0.1, -0.05) is 22.9 Å². The van der Waals surface area contributed by atoms with Crippen molar-refractivity contribution in [2.45, 2.75) is 25.8 Å². The molecule has 0 aromatic heterocycles. The minimum atomic E-state index is 0. The summed E-state index contributed by atoms with van der Waals surface area (Å²) >= 11 is 3.37. The van der Waals surface area contributed by atoms with E-state index in [9.17, 15) is 4.79 Å². The van der Waals surface area contributed by atoms with Gasteiger partial charge in [0.1, 0.15) is 5.75 Å². The minimum absolute atomic E-state index is 0. The zero-order valence-electron chi connectivity index (χ0n) is 12.1. The largest absolute Gasteiger partial charge is 0.484 e. The second-order valence-electron chi connectivity index (χ2n) is 5.35. The van der Waals surface area contributed by atoms with Crippen molar-refractivity contribution in [2.75, 3.05) is 19.7 Å². The highest BCUT2D eigenvalue weighted by Crippen LogP contribution is 2.22. The van der Waals surface area contributed by atoms with Gasteiger partial charge < -0.3 is 15.4 Å². The van der Waals surface area contributed by atoms with Gasteiger partial charge in [0.25, 0.3) is 5.91 Å². The summed E-state index contributed by atoms with van der Waals surface area (Å²) in [6.45, 7) is 3.59. The van der Waals surface area contributed by atoms with Gasteiger partial charge in [-0.25, -0.2) is 0 Å². The van der Waals surface area contributed by atoms with Gasteiger partial charge in [-0.3, -0.25) is 4.79 Å². The van der Waals surface area contributed by atoms with E-state index >= 15 is 0 Å². The smallest absolute Gasteiger partial charge is 0.260 e. The SMILES string of the molecule is CC1CCN(C(=O)COc2ccc(Br)cc2)C(CN)C1.Cl. The van der Waals surface area contributed by atoms with Gasteiger partial charge in [-0.15, -0.1) is 12.4 Å². The Morgan fingerprint density at radius 1 is 1.43 bits per heavy atom. The van der Waals surface area contributed by atoms with Gasteiger partial charge in [-0.05, 0) is 43.0 Å². The third-order valence-corrected chi connectivity index (χ3v) is 4.28. The molecule has 0 bridgehead atoms. The number of carbonyl (C=O) groups excluding carboxylic acids is 1. The number of amides is 1. The number of benzene rings is 1. The lowest BCUT2D eigenvalue weighted by Crippen LogP contribution is -2.50. The first kappa shape index (κ1) is 18.3. The highest BCUT2D eigenvalue weighted by Gasteiger charge is 2.28. The Kier molecular flexibility index (Phi) is 7.49. The van der Waals surface area contributed by atoms with E-state index in [1.807, 2.05) is 29.2 Å². The summed E-state index contributed by atoms with van der Waals surface area (Å²) < 4.78 is 6.53. The lowest BCUT2D eigenvalue weighted by molar-refractivity contribution is -0.137. The standard InChI is InChI=1S/C15H21BrN2O2.ClH/c1-11-6-7-18(13(8-11)9-17)15(19)10-20-14-4-2-12(16)3-5-14;/h2-5,11,13H,6-10,17H2,1H3;1H. The van der Waals surface area contributed by atoms with Gasteiger partial charge in [0.05, 0.1) is 0 Å². The number of hydrogen-bond acceptors (Lipinski definition) is 3. The minimum Gasteiger partial charge on any atom is -0.484 e. The zero-order chi connectivity index (χ0) is 14.5. The topological polar surface area (TPSA) is 55.6 Å². The number of hydrogen-bond donors (Lipinski definition) is 1. The molecule has 1 saturated heterocycles. The summed E-state index contributed by atoms with van der Waals surface area (Å²) in [4.78, 5) is 14.1. The van der Waals surface area contributed by atoms with Crippen LogP contribution < -0.4 is 10.5 Å². The van der Waals surface area contributed by atoms with Crippen LogP contribution in [0.5, 0.6) is 5.75 Å². The molecule has 1 aromatic rings. The molecule has 1 aliphatic rings. The van der Waals surface area contributed by atoms with E-state index in [4.69, 9.17) is 10.5 Å². The quantitative estimate of drug-likeness (QED) is 0.878. The molecule has 0 aliphatic carbocycles. The Labute approximate surface area is 140 Å². The molecule has 118 valence electrons. The fraction of sp³-hybridized carbons (Fsp3) is 0.533. The van der Waals surface area contributed by atoms with Crippen LogP contribution in [0.15, 0.2) is 28.7 Å². The number of piperidine rings is 1. The van der Waals surface area contributed by atoms with E-state index in [0.29, 0.717) is 18.2 Å². The first-order valence-electron chi connectivity index (χ1n) is 6.98. The molecule has 1 fully saturated rings. The summed E-state index contributed by atoms with van der Waals surface area (Å²) in [7, 11) is 0. The molecule has 2 unspecified atom stereocenters. The van der Waals surface area contributed by atoms with Crippen molar-refractivity contribution < 1.29 is 9.53 Å². The molecule has 0 spiro atoms. The molecular weight excluding hydrogens is 356 g/mol. The maximum absolute atomic E-state index is 12.3. The fourth-order valence-electron chi connectivity index (χ4n) is 2.56. The Hall–Kier alpha value is -0.780. The Morgan fingerprint density at radius 2 is 2.10 bits per heavy atom. The number of rotatable bonds is 4. The number of halogens is 2. The van der Waals surface area contributed by atoms with Crippen LogP contribution in [-0.2, 0) is 4.79 Å². The molecule has 0 radical (unpaired) electrons. The van der Waals surface area contributed by atoms with Crippen molar-refractivity contribution >= 4 is 34.2 Å². The number of nitrogens with two attached hydrogens (primary N) is 1. The van der Waals surface area contributed by atoms with Crippen molar-refractivity contribution in [3.05, 3.63) is 28.7 Å². The van der Waals surface area contributed by atoms with E-state index in [-0.39, 0.29) is 31.0 Å². The monoisotopic (exact) mass is 376 g/mol. The van der Waals surface area contributed by atoms with Crippen molar-refractivity contribution in [3.63, 3.8) is 0 Å². The van der Waals surface area contributed by atoms with E-state index in [0.717, 1.165) is 23.9 Å². The molecule has 1 amide bonds. The van der Waals surface area contributed by atoms with Gasteiger partial charge in [0.15, 0.2) is 6.61 Å². The van der Waals surface area contributed by atoms with E-state index < -0.39 is 0 Å². The molecule has 4 nitrogen and oxygen atoms in total. The van der Waals surface area contributed by atoms with Gasteiger partial charge in [0.2, 0.25) is 0 Å².